The molecule has 0 saturated heterocycles. The fraction of sp³-hybridized carbons (Fsp3) is 0.250. The molecule has 3 nitrogen and oxygen atoms in total. The fourth-order valence-corrected chi connectivity index (χ4v) is 2.74. The first-order valence-corrected chi connectivity index (χ1v) is 9.39. The van der Waals surface area contributed by atoms with Gasteiger partial charge in [0.1, 0.15) is 0 Å². The van der Waals surface area contributed by atoms with Crippen LogP contribution < -0.4 is 11.5 Å². The topological polar surface area (TPSA) is 55.3 Å². The van der Waals surface area contributed by atoms with Gasteiger partial charge in [0, 0.05) is 30.5 Å². The number of benzene rings is 3. The minimum Gasteiger partial charge on any atom is -0.399 e. The van der Waals surface area contributed by atoms with E-state index in [4.69, 9.17) is 11.5 Å². The molecule has 1 aliphatic heterocycles. The van der Waals surface area contributed by atoms with Gasteiger partial charge in [-0.2, -0.15) is 0 Å². The van der Waals surface area contributed by atoms with Gasteiger partial charge in [-0.15, -0.1) is 0 Å². The predicted molar refractivity (Wildman–Crippen MR) is 117 cm³/mol. The average molecular weight is 362 g/mol. The Balaban J connectivity index is 0.000000153. The monoisotopic (exact) mass is 361 g/mol. The molecule has 0 amide bonds. The molecule has 0 radical (unpaired) electrons. The lowest BCUT2D eigenvalue weighted by Crippen LogP contribution is -2.24. The van der Waals surface area contributed by atoms with E-state index in [2.05, 4.69) is 43.0 Å². The Morgan fingerprint density at radius 1 is 0.667 bits per heavy atom. The molecule has 0 fully saturated rings. The van der Waals surface area contributed by atoms with Gasteiger partial charge >= 0.3 is 0 Å². The molecule has 0 aliphatic carbocycles. The van der Waals surface area contributed by atoms with E-state index in [-0.39, 0.29) is 0 Å². The summed E-state index contributed by atoms with van der Waals surface area (Å²) in [5.41, 5.74) is 16.7. The second kappa shape index (κ2) is 10.4. The molecule has 1 heterocycles. The number of nitrogens with zero attached hydrogens (tertiary/aromatic N) is 1. The molecule has 0 saturated carbocycles. The SMILES string of the molecule is CC(C)N1Cc2ccccc2C1.Cc1ccc(N)cc1.Nc1ccccc1. The van der Waals surface area contributed by atoms with Crippen molar-refractivity contribution in [3.63, 3.8) is 0 Å². The number of rotatable bonds is 1. The van der Waals surface area contributed by atoms with Crippen LogP contribution in [-0.4, -0.2) is 10.9 Å². The van der Waals surface area contributed by atoms with Crippen LogP contribution in [0.1, 0.15) is 30.5 Å². The second-order valence-electron chi connectivity index (χ2n) is 7.09. The zero-order valence-electron chi connectivity index (χ0n) is 16.6. The quantitative estimate of drug-likeness (QED) is 0.582. The third-order valence-corrected chi connectivity index (χ3v) is 4.47. The first-order chi connectivity index (χ1) is 13.0. The van der Waals surface area contributed by atoms with E-state index in [0.29, 0.717) is 6.04 Å². The van der Waals surface area contributed by atoms with Crippen molar-refractivity contribution in [2.75, 3.05) is 11.5 Å². The Kier molecular flexibility index (Phi) is 7.90. The number of nitrogen functional groups attached to an aromatic ring is 2. The van der Waals surface area contributed by atoms with Gasteiger partial charge in [-0.25, -0.2) is 0 Å². The Hall–Kier alpha value is -2.78. The van der Waals surface area contributed by atoms with E-state index in [9.17, 15) is 0 Å². The highest BCUT2D eigenvalue weighted by Gasteiger charge is 2.19. The Bertz CT molecular complexity index is 749. The van der Waals surface area contributed by atoms with Gasteiger partial charge in [-0.3, -0.25) is 4.90 Å². The van der Waals surface area contributed by atoms with Crippen LogP contribution in [0, 0.1) is 6.92 Å². The van der Waals surface area contributed by atoms with E-state index < -0.39 is 0 Å². The third kappa shape index (κ3) is 7.16. The molecule has 0 unspecified atom stereocenters. The Morgan fingerprint density at radius 2 is 1.11 bits per heavy atom. The summed E-state index contributed by atoms with van der Waals surface area (Å²) in [6.07, 6.45) is 0. The summed E-state index contributed by atoms with van der Waals surface area (Å²) in [6, 6.07) is 26.7. The highest BCUT2D eigenvalue weighted by Crippen LogP contribution is 2.23. The molecule has 3 aromatic rings. The molecule has 0 aromatic heterocycles. The molecule has 0 bridgehead atoms. The highest BCUT2D eigenvalue weighted by molar-refractivity contribution is 5.38. The number of hydrogen-bond donors (Lipinski definition) is 2. The lowest BCUT2D eigenvalue weighted by atomic mass is 10.1. The number of aryl methyl sites for hydroxylation is 1. The average Bonchev–Trinajstić information content (AvgIpc) is 3.11. The van der Waals surface area contributed by atoms with Crippen molar-refractivity contribution < 1.29 is 0 Å². The zero-order chi connectivity index (χ0) is 19.6. The zero-order valence-corrected chi connectivity index (χ0v) is 16.6. The summed E-state index contributed by atoms with van der Waals surface area (Å²) in [7, 11) is 0. The first kappa shape index (κ1) is 20.5. The van der Waals surface area contributed by atoms with Crippen LogP contribution in [0.5, 0.6) is 0 Å². The minimum atomic E-state index is 0.664. The molecule has 4 N–H and O–H groups in total. The van der Waals surface area contributed by atoms with Crippen molar-refractivity contribution in [2.24, 2.45) is 0 Å². The van der Waals surface area contributed by atoms with E-state index in [1.165, 1.54) is 16.7 Å². The summed E-state index contributed by atoms with van der Waals surface area (Å²) in [5, 5.41) is 0. The fourth-order valence-electron chi connectivity index (χ4n) is 2.74. The molecule has 142 valence electrons. The summed E-state index contributed by atoms with van der Waals surface area (Å²) in [6.45, 7) is 8.82. The van der Waals surface area contributed by atoms with E-state index in [0.717, 1.165) is 24.5 Å². The van der Waals surface area contributed by atoms with Gasteiger partial charge in [0.05, 0.1) is 0 Å². The number of nitrogens with two attached hydrogens (primary N) is 2. The Labute approximate surface area is 163 Å². The van der Waals surface area contributed by atoms with Crippen LogP contribution >= 0.6 is 0 Å². The number of fused-ring (bicyclic) bond motifs is 1. The molecule has 1 aliphatic rings. The second-order valence-corrected chi connectivity index (χ2v) is 7.09. The molecule has 3 heteroatoms. The number of anilines is 2. The highest BCUT2D eigenvalue weighted by atomic mass is 15.2. The van der Waals surface area contributed by atoms with Crippen molar-refractivity contribution in [3.05, 3.63) is 95.6 Å². The summed E-state index contributed by atoms with van der Waals surface area (Å²) >= 11 is 0. The van der Waals surface area contributed by atoms with Gasteiger partial charge in [-0.05, 0) is 56.2 Å². The first-order valence-electron chi connectivity index (χ1n) is 9.39. The minimum absolute atomic E-state index is 0.664. The van der Waals surface area contributed by atoms with Gasteiger partial charge in [-0.1, -0.05) is 60.2 Å². The smallest absolute Gasteiger partial charge is 0.0314 e. The lowest BCUT2D eigenvalue weighted by molar-refractivity contribution is 0.227. The van der Waals surface area contributed by atoms with Gasteiger partial charge in [0.25, 0.3) is 0 Å². The predicted octanol–water partition coefficient (Wildman–Crippen LogP) is 5.26. The van der Waals surface area contributed by atoms with Gasteiger partial charge in [0.2, 0.25) is 0 Å². The third-order valence-electron chi connectivity index (χ3n) is 4.47. The normalized spacial score (nSPS) is 12.4. The van der Waals surface area contributed by atoms with Crippen molar-refractivity contribution in [3.8, 4) is 0 Å². The molecule has 4 rings (SSSR count). The van der Waals surface area contributed by atoms with E-state index >= 15 is 0 Å². The summed E-state index contributed by atoms with van der Waals surface area (Å²) in [4.78, 5) is 2.49. The molecule has 0 spiro atoms. The molecule has 0 atom stereocenters. The van der Waals surface area contributed by atoms with Crippen LogP contribution in [0.15, 0.2) is 78.9 Å². The number of para-hydroxylation sites is 1. The molecular formula is C24H31N3. The lowest BCUT2D eigenvalue weighted by Gasteiger charge is -2.18. The van der Waals surface area contributed by atoms with Crippen molar-refractivity contribution >= 4 is 11.4 Å². The van der Waals surface area contributed by atoms with Crippen LogP contribution in [0.25, 0.3) is 0 Å². The van der Waals surface area contributed by atoms with Crippen LogP contribution in [-0.2, 0) is 13.1 Å². The van der Waals surface area contributed by atoms with E-state index in [1.54, 1.807) is 0 Å². The Morgan fingerprint density at radius 3 is 1.48 bits per heavy atom. The van der Waals surface area contributed by atoms with Crippen molar-refractivity contribution in [2.45, 2.75) is 39.9 Å². The van der Waals surface area contributed by atoms with Crippen LogP contribution in [0.4, 0.5) is 11.4 Å². The maximum atomic E-state index is 5.43. The van der Waals surface area contributed by atoms with Gasteiger partial charge < -0.3 is 11.5 Å². The molecule has 3 aromatic carbocycles. The van der Waals surface area contributed by atoms with Crippen molar-refractivity contribution in [1.82, 2.24) is 4.90 Å². The maximum absolute atomic E-state index is 5.43. The largest absolute Gasteiger partial charge is 0.399 e. The summed E-state index contributed by atoms with van der Waals surface area (Å²) < 4.78 is 0. The van der Waals surface area contributed by atoms with E-state index in [1.807, 2.05) is 61.5 Å². The van der Waals surface area contributed by atoms with Crippen LogP contribution in [0.2, 0.25) is 0 Å². The number of hydrogen-bond acceptors (Lipinski definition) is 3. The van der Waals surface area contributed by atoms with Crippen molar-refractivity contribution in [1.29, 1.82) is 0 Å². The standard InChI is InChI=1S/C11H15N.C7H9N.C6H7N/c1-9(2)12-7-10-5-3-4-6-11(10)8-12;1-6-2-4-7(8)5-3-6;7-6-4-2-1-3-5-6/h3-6,9H,7-8H2,1-2H3;2-5H,8H2,1H3;1-5H,7H2. The van der Waals surface area contributed by atoms with Crippen LogP contribution in [0.3, 0.4) is 0 Å². The molecular weight excluding hydrogens is 330 g/mol. The maximum Gasteiger partial charge on any atom is 0.0314 e. The van der Waals surface area contributed by atoms with Gasteiger partial charge in [0.15, 0.2) is 0 Å². The molecule has 27 heavy (non-hydrogen) atoms. The summed E-state index contributed by atoms with van der Waals surface area (Å²) in [5.74, 6) is 0.